The molecule has 2 aliphatic rings. The second kappa shape index (κ2) is 6.57. The summed E-state index contributed by atoms with van der Waals surface area (Å²) in [5, 5.41) is 0.509. The summed E-state index contributed by atoms with van der Waals surface area (Å²) < 4.78 is 0.898. The molecule has 2 fully saturated rings. The van der Waals surface area contributed by atoms with Crippen LogP contribution in [0.5, 0.6) is 0 Å². The summed E-state index contributed by atoms with van der Waals surface area (Å²) in [6.45, 7) is 4.84. The van der Waals surface area contributed by atoms with Crippen LogP contribution in [0, 0.1) is 18.8 Å². The van der Waals surface area contributed by atoms with E-state index in [1.165, 1.54) is 22.5 Å². The number of likely N-dealkylation sites (tertiary alicyclic amines) is 2. The minimum absolute atomic E-state index is 0.106. The molecule has 2 aliphatic heterocycles. The highest BCUT2D eigenvalue weighted by molar-refractivity contribution is 7.22. The fraction of sp³-hybridized carbons (Fsp3) is 0.364. The fourth-order valence-corrected chi connectivity index (χ4v) is 5.95. The van der Waals surface area contributed by atoms with Gasteiger partial charge in [0.05, 0.1) is 15.8 Å². The monoisotopic (exact) mass is 392 g/mol. The molecule has 0 bridgehead atoms. The van der Waals surface area contributed by atoms with Crippen molar-refractivity contribution >= 4 is 32.6 Å². The van der Waals surface area contributed by atoms with Crippen LogP contribution in [-0.4, -0.2) is 47.4 Å². The molecule has 144 valence electrons. The fourth-order valence-electron chi connectivity index (χ4n) is 5.12. The number of aromatic nitrogens is 1. The quantitative estimate of drug-likeness (QED) is 0.724. The van der Waals surface area contributed by atoms with E-state index in [1.807, 2.05) is 23.1 Å². The molecule has 3 aromatic rings. The van der Waals surface area contributed by atoms with Crippen molar-refractivity contribution < 1.29 is 4.79 Å². The van der Waals surface area contributed by atoms with Crippen molar-refractivity contribution in [3.63, 3.8) is 0 Å². The molecule has 5 rings (SSSR count). The minimum Gasteiger partial charge on any atom is -0.375 e. The van der Waals surface area contributed by atoms with Crippen LogP contribution in [0.2, 0.25) is 0 Å². The lowest BCUT2D eigenvalue weighted by atomic mass is 9.88. The van der Waals surface area contributed by atoms with Crippen LogP contribution >= 0.6 is 11.3 Å². The van der Waals surface area contributed by atoms with E-state index < -0.39 is 0 Å². The summed E-state index contributed by atoms with van der Waals surface area (Å²) >= 11 is 1.40. The van der Waals surface area contributed by atoms with E-state index in [0.29, 0.717) is 23.0 Å². The van der Waals surface area contributed by atoms with Crippen LogP contribution in [-0.2, 0) is 0 Å². The number of amides is 1. The highest BCUT2D eigenvalue weighted by Gasteiger charge is 2.47. The summed E-state index contributed by atoms with van der Waals surface area (Å²) in [6, 6.07) is 14.7. The molecule has 3 heterocycles. The lowest BCUT2D eigenvalue weighted by Gasteiger charge is -2.28. The van der Waals surface area contributed by atoms with E-state index in [4.69, 9.17) is 5.73 Å². The molecular formula is C22H24N4OS. The zero-order valence-corrected chi connectivity index (χ0v) is 16.9. The van der Waals surface area contributed by atoms with Gasteiger partial charge >= 0.3 is 0 Å². The van der Waals surface area contributed by atoms with E-state index in [0.717, 1.165) is 35.4 Å². The second-order valence-electron chi connectivity index (χ2n) is 8.08. The summed E-state index contributed by atoms with van der Waals surface area (Å²) in [4.78, 5) is 22.2. The van der Waals surface area contributed by atoms with Crippen LogP contribution in [0.4, 0.5) is 5.13 Å². The Morgan fingerprint density at radius 1 is 1.14 bits per heavy atom. The molecule has 2 aromatic carbocycles. The molecular weight excluding hydrogens is 368 g/mol. The summed E-state index contributed by atoms with van der Waals surface area (Å²) in [7, 11) is 2.21. The van der Waals surface area contributed by atoms with Gasteiger partial charge in [-0.05, 0) is 43.1 Å². The maximum Gasteiger partial charge on any atom is 0.255 e. The van der Waals surface area contributed by atoms with Gasteiger partial charge in [0.1, 0.15) is 0 Å². The van der Waals surface area contributed by atoms with Crippen LogP contribution in [0.15, 0.2) is 42.5 Å². The van der Waals surface area contributed by atoms with Gasteiger partial charge in [0.25, 0.3) is 5.91 Å². The average molecular weight is 393 g/mol. The zero-order valence-electron chi connectivity index (χ0n) is 16.1. The first-order valence-electron chi connectivity index (χ1n) is 9.73. The van der Waals surface area contributed by atoms with Crippen LogP contribution in [0.25, 0.3) is 10.2 Å². The van der Waals surface area contributed by atoms with Crippen molar-refractivity contribution in [2.75, 3.05) is 32.4 Å². The van der Waals surface area contributed by atoms with Crippen molar-refractivity contribution in [1.29, 1.82) is 0 Å². The predicted octanol–water partition coefficient (Wildman–Crippen LogP) is 3.56. The van der Waals surface area contributed by atoms with E-state index in [1.54, 1.807) is 0 Å². The van der Waals surface area contributed by atoms with E-state index in [2.05, 4.69) is 48.1 Å². The Hall–Kier alpha value is -2.44. The number of nitrogens with two attached hydrogens (primary N) is 1. The third-order valence-electron chi connectivity index (χ3n) is 6.35. The Kier molecular flexibility index (Phi) is 4.14. The number of hydrogen-bond acceptors (Lipinski definition) is 5. The van der Waals surface area contributed by atoms with Crippen LogP contribution < -0.4 is 5.73 Å². The van der Waals surface area contributed by atoms with Gasteiger partial charge in [0.15, 0.2) is 5.13 Å². The molecule has 0 unspecified atom stereocenters. The van der Waals surface area contributed by atoms with Gasteiger partial charge in [-0.2, -0.15) is 0 Å². The molecule has 0 radical (unpaired) electrons. The first-order valence-corrected chi connectivity index (χ1v) is 10.5. The number of aryl methyl sites for hydroxylation is 1. The maximum absolute atomic E-state index is 13.3. The highest BCUT2D eigenvalue weighted by Crippen LogP contribution is 2.45. The van der Waals surface area contributed by atoms with Crippen molar-refractivity contribution in [3.05, 3.63) is 59.2 Å². The van der Waals surface area contributed by atoms with Crippen molar-refractivity contribution in [2.24, 2.45) is 11.8 Å². The number of hydrogen-bond donors (Lipinski definition) is 1. The second-order valence-corrected chi connectivity index (χ2v) is 9.11. The molecule has 2 N–H and O–H groups in total. The van der Waals surface area contributed by atoms with E-state index in [-0.39, 0.29) is 5.91 Å². The highest BCUT2D eigenvalue weighted by atomic mass is 32.1. The normalized spacial score (nSPS) is 24.8. The molecule has 1 amide bonds. The lowest BCUT2D eigenvalue weighted by molar-refractivity contribution is 0.0770. The summed E-state index contributed by atoms with van der Waals surface area (Å²) in [6.07, 6.45) is 0. The van der Waals surface area contributed by atoms with Gasteiger partial charge in [0.2, 0.25) is 0 Å². The molecule has 2 saturated heterocycles. The third kappa shape index (κ3) is 2.71. The van der Waals surface area contributed by atoms with Gasteiger partial charge in [-0.3, -0.25) is 9.69 Å². The molecule has 6 heteroatoms. The van der Waals surface area contributed by atoms with Gasteiger partial charge in [0, 0.05) is 31.6 Å². The molecule has 28 heavy (non-hydrogen) atoms. The standard InChI is InChI=1S/C22H24N4OS/c1-13-6-3-4-7-15(13)19-17-12-26(11-14(17)10-25(19)2)21(27)16-8-5-9-18-20(16)28-22(23)24-18/h3-9,14,17,19H,10-12H2,1-2H3,(H2,23,24)/t14-,17+,19+/m0/s1. The Bertz CT molecular complexity index is 1060. The Morgan fingerprint density at radius 2 is 1.96 bits per heavy atom. The zero-order chi connectivity index (χ0) is 19.4. The number of nitrogen functional groups attached to an aromatic ring is 1. The number of fused-ring (bicyclic) bond motifs is 2. The smallest absolute Gasteiger partial charge is 0.255 e. The number of carbonyl (C=O) groups excluding carboxylic acids is 1. The Morgan fingerprint density at radius 3 is 2.79 bits per heavy atom. The maximum atomic E-state index is 13.3. The number of benzene rings is 2. The first kappa shape index (κ1) is 17.6. The Balaban J connectivity index is 1.44. The number of rotatable bonds is 2. The average Bonchev–Trinajstić information content (AvgIpc) is 3.32. The number of carbonyl (C=O) groups is 1. The lowest BCUT2D eigenvalue weighted by Crippen LogP contribution is -2.33. The topological polar surface area (TPSA) is 62.5 Å². The van der Waals surface area contributed by atoms with E-state index in [9.17, 15) is 4.79 Å². The molecule has 3 atom stereocenters. The van der Waals surface area contributed by atoms with Gasteiger partial charge in [-0.25, -0.2) is 4.98 Å². The van der Waals surface area contributed by atoms with Crippen molar-refractivity contribution in [3.8, 4) is 0 Å². The largest absolute Gasteiger partial charge is 0.375 e. The molecule has 0 aliphatic carbocycles. The van der Waals surface area contributed by atoms with Crippen molar-refractivity contribution in [2.45, 2.75) is 13.0 Å². The molecule has 5 nitrogen and oxygen atoms in total. The number of nitrogens with zero attached hydrogens (tertiary/aromatic N) is 3. The van der Waals surface area contributed by atoms with E-state index >= 15 is 0 Å². The molecule has 1 aromatic heterocycles. The third-order valence-corrected chi connectivity index (χ3v) is 7.28. The number of thiazole rings is 1. The minimum atomic E-state index is 0.106. The van der Waals surface area contributed by atoms with Crippen LogP contribution in [0.1, 0.15) is 27.5 Å². The first-order chi connectivity index (χ1) is 13.5. The van der Waals surface area contributed by atoms with Gasteiger partial charge in [-0.15, -0.1) is 0 Å². The SMILES string of the molecule is Cc1ccccc1[C@@H]1[C@@H]2CN(C(=O)c3cccc4nc(N)sc34)C[C@@H]2CN1C. The predicted molar refractivity (Wildman–Crippen MR) is 113 cm³/mol. The van der Waals surface area contributed by atoms with Crippen LogP contribution in [0.3, 0.4) is 0 Å². The van der Waals surface area contributed by atoms with Gasteiger partial charge in [-0.1, -0.05) is 41.7 Å². The number of anilines is 1. The molecule has 0 spiro atoms. The van der Waals surface area contributed by atoms with Gasteiger partial charge < -0.3 is 10.6 Å². The molecule has 0 saturated carbocycles. The summed E-state index contributed by atoms with van der Waals surface area (Å²) in [5.74, 6) is 1.10. The Labute approximate surface area is 168 Å². The summed E-state index contributed by atoms with van der Waals surface area (Å²) in [5.41, 5.74) is 10.1. The van der Waals surface area contributed by atoms with Crippen molar-refractivity contribution in [1.82, 2.24) is 14.8 Å².